The van der Waals surface area contributed by atoms with E-state index in [-0.39, 0.29) is 11.3 Å². The van der Waals surface area contributed by atoms with E-state index in [0.717, 1.165) is 77.1 Å². The molecule has 2 fully saturated rings. The molecule has 0 bridgehead atoms. The normalized spacial score (nSPS) is 27.5. The maximum atomic E-state index is 13.0. The van der Waals surface area contributed by atoms with Gasteiger partial charge in [0.2, 0.25) is 11.9 Å². The number of likely N-dealkylation sites (tertiary alicyclic amines) is 1. The zero-order valence-corrected chi connectivity index (χ0v) is 15.8. The van der Waals surface area contributed by atoms with Crippen molar-refractivity contribution >= 4 is 11.9 Å². The van der Waals surface area contributed by atoms with Crippen LogP contribution in [-0.2, 0) is 16.6 Å². The van der Waals surface area contributed by atoms with Gasteiger partial charge in [-0.1, -0.05) is 0 Å². The fourth-order valence-electron chi connectivity index (χ4n) is 4.85. The van der Waals surface area contributed by atoms with Crippen molar-refractivity contribution in [3.8, 4) is 0 Å². The largest absolute Gasteiger partial charge is 0.368 e. The number of fused-ring (bicyclic) bond motifs is 2. The fourth-order valence-corrected chi connectivity index (χ4v) is 4.85. The van der Waals surface area contributed by atoms with Crippen LogP contribution in [0.1, 0.15) is 36.9 Å². The Morgan fingerprint density at radius 1 is 1.19 bits per heavy atom. The minimum Gasteiger partial charge on any atom is -0.368 e. The number of rotatable bonds is 2. The highest BCUT2D eigenvalue weighted by Gasteiger charge is 2.44. The number of nitrogen functional groups attached to an aromatic ring is 1. The number of carbonyl (C=O) groups is 1. The van der Waals surface area contributed by atoms with Crippen molar-refractivity contribution in [2.45, 2.75) is 37.5 Å². The molecule has 2 aliphatic heterocycles. The Morgan fingerprint density at radius 2 is 2.08 bits per heavy atom. The Labute approximate surface area is 155 Å². The molecule has 1 amide bonds. The smallest absolute Gasteiger partial charge is 0.236 e. The van der Waals surface area contributed by atoms with E-state index >= 15 is 0 Å². The van der Waals surface area contributed by atoms with Crippen molar-refractivity contribution in [1.29, 1.82) is 0 Å². The van der Waals surface area contributed by atoms with E-state index in [1.807, 2.05) is 6.20 Å². The number of aromatic nitrogens is 2. The number of nitrogens with zero attached hydrogens (tertiary/aromatic N) is 5. The lowest BCUT2D eigenvalue weighted by Crippen LogP contribution is -2.51. The second kappa shape index (κ2) is 7.12. The minimum absolute atomic E-state index is 0.0146. The number of piperidine rings is 1. The van der Waals surface area contributed by atoms with Crippen LogP contribution in [0, 0.1) is 0 Å². The van der Waals surface area contributed by atoms with E-state index < -0.39 is 0 Å². The van der Waals surface area contributed by atoms with Crippen molar-refractivity contribution in [3.63, 3.8) is 0 Å². The van der Waals surface area contributed by atoms with Crippen molar-refractivity contribution < 1.29 is 4.79 Å². The molecule has 2 saturated heterocycles. The van der Waals surface area contributed by atoms with Gasteiger partial charge in [-0.05, 0) is 57.8 Å². The Morgan fingerprint density at radius 3 is 2.96 bits per heavy atom. The van der Waals surface area contributed by atoms with Gasteiger partial charge in [0.25, 0.3) is 0 Å². The van der Waals surface area contributed by atoms with E-state index in [1.54, 1.807) is 0 Å². The lowest BCUT2D eigenvalue weighted by Gasteiger charge is -2.41. The molecular weight excluding hydrogens is 328 g/mol. The van der Waals surface area contributed by atoms with Crippen LogP contribution >= 0.6 is 0 Å². The average molecular weight is 358 g/mol. The first-order valence-corrected chi connectivity index (χ1v) is 9.86. The van der Waals surface area contributed by atoms with Gasteiger partial charge in [-0.3, -0.25) is 9.69 Å². The maximum absolute atomic E-state index is 13.0. The van der Waals surface area contributed by atoms with Gasteiger partial charge in [0.05, 0.1) is 12.2 Å². The quantitative estimate of drug-likeness (QED) is 0.830. The van der Waals surface area contributed by atoms with Crippen LogP contribution in [0.3, 0.4) is 0 Å². The topological polar surface area (TPSA) is 78.6 Å². The van der Waals surface area contributed by atoms with Crippen LogP contribution in [0.2, 0.25) is 0 Å². The van der Waals surface area contributed by atoms with Gasteiger partial charge in [-0.15, -0.1) is 0 Å². The number of likely N-dealkylation sites (N-methyl/N-ethyl adjacent to an activating group) is 1. The molecule has 1 unspecified atom stereocenters. The first kappa shape index (κ1) is 17.7. The van der Waals surface area contributed by atoms with Crippen molar-refractivity contribution in [3.05, 3.63) is 17.5 Å². The Bertz CT molecular complexity index is 676. The van der Waals surface area contributed by atoms with Crippen LogP contribution in [0.5, 0.6) is 0 Å². The molecule has 1 aliphatic carbocycles. The lowest BCUT2D eigenvalue weighted by molar-refractivity contribution is -0.134. The molecule has 3 heterocycles. The SMILES string of the molecule is CN1CCCN(CC(=O)N2CCCC3(CCc4cnc(N)nc43)C2)CC1. The number of amides is 1. The second-order valence-electron chi connectivity index (χ2n) is 8.23. The lowest BCUT2D eigenvalue weighted by atomic mass is 9.77. The van der Waals surface area contributed by atoms with Gasteiger partial charge in [-0.2, -0.15) is 0 Å². The van der Waals surface area contributed by atoms with E-state index in [1.165, 1.54) is 5.56 Å². The van der Waals surface area contributed by atoms with Gasteiger partial charge in [0.15, 0.2) is 0 Å². The summed E-state index contributed by atoms with van der Waals surface area (Å²) in [4.78, 5) is 28.5. The molecule has 26 heavy (non-hydrogen) atoms. The number of carbonyl (C=O) groups excluding carboxylic acids is 1. The van der Waals surface area contributed by atoms with Gasteiger partial charge in [0.1, 0.15) is 0 Å². The summed E-state index contributed by atoms with van der Waals surface area (Å²) in [6.07, 6.45) is 7.19. The molecule has 4 rings (SSSR count). The monoisotopic (exact) mass is 358 g/mol. The van der Waals surface area contributed by atoms with Crippen molar-refractivity contribution in [2.24, 2.45) is 0 Å². The Kier molecular flexibility index (Phi) is 4.84. The summed E-state index contributed by atoms with van der Waals surface area (Å²) in [7, 11) is 2.16. The Balaban J connectivity index is 1.44. The molecule has 1 aromatic rings. The van der Waals surface area contributed by atoms with E-state index in [2.05, 4.69) is 31.7 Å². The first-order chi connectivity index (χ1) is 12.6. The molecular formula is C19H30N6O. The standard InChI is InChI=1S/C19H30N6O/c1-23-7-3-8-24(11-10-23)13-16(26)25-9-2-5-19(14-25)6-4-15-12-21-18(20)22-17(15)19/h12H,2-11,13-14H2,1H3,(H2,20,21,22). The molecule has 0 radical (unpaired) electrons. The summed E-state index contributed by atoms with van der Waals surface area (Å²) in [5.74, 6) is 0.617. The van der Waals surface area contributed by atoms with Gasteiger partial charge in [0, 0.05) is 37.8 Å². The molecule has 142 valence electrons. The summed E-state index contributed by atoms with van der Waals surface area (Å²) in [5.41, 5.74) is 8.15. The second-order valence-corrected chi connectivity index (χ2v) is 8.23. The molecule has 7 heteroatoms. The van der Waals surface area contributed by atoms with Gasteiger partial charge >= 0.3 is 0 Å². The molecule has 2 N–H and O–H groups in total. The summed E-state index contributed by atoms with van der Waals surface area (Å²) in [6.45, 7) is 6.35. The molecule has 7 nitrogen and oxygen atoms in total. The number of anilines is 1. The highest BCUT2D eigenvalue weighted by molar-refractivity contribution is 5.78. The molecule has 3 aliphatic rings. The van der Waals surface area contributed by atoms with Crippen LogP contribution in [-0.4, -0.2) is 83.4 Å². The summed E-state index contributed by atoms with van der Waals surface area (Å²) in [6, 6.07) is 0. The van der Waals surface area contributed by atoms with Crippen molar-refractivity contribution in [1.82, 2.24) is 24.7 Å². The van der Waals surface area contributed by atoms with Crippen molar-refractivity contribution in [2.75, 3.05) is 58.6 Å². The molecule has 0 aromatic carbocycles. The number of hydrogen-bond acceptors (Lipinski definition) is 6. The predicted octanol–water partition coefficient (Wildman–Crippen LogP) is 0.503. The molecule has 1 aromatic heterocycles. The number of hydrogen-bond donors (Lipinski definition) is 1. The van der Waals surface area contributed by atoms with Gasteiger partial charge in [-0.25, -0.2) is 9.97 Å². The summed E-state index contributed by atoms with van der Waals surface area (Å²) < 4.78 is 0. The third-order valence-corrected chi connectivity index (χ3v) is 6.36. The fraction of sp³-hybridized carbons (Fsp3) is 0.737. The highest BCUT2D eigenvalue weighted by atomic mass is 16.2. The molecule has 0 saturated carbocycles. The number of aryl methyl sites for hydroxylation is 1. The Hall–Kier alpha value is -1.73. The average Bonchev–Trinajstić information content (AvgIpc) is 2.82. The maximum Gasteiger partial charge on any atom is 0.236 e. The van der Waals surface area contributed by atoms with E-state index in [4.69, 9.17) is 5.73 Å². The van der Waals surface area contributed by atoms with E-state index in [0.29, 0.717) is 12.5 Å². The summed E-state index contributed by atoms with van der Waals surface area (Å²) in [5, 5.41) is 0. The van der Waals surface area contributed by atoms with Gasteiger partial charge < -0.3 is 15.5 Å². The molecule has 1 atom stereocenters. The predicted molar refractivity (Wildman–Crippen MR) is 101 cm³/mol. The van der Waals surface area contributed by atoms with Crippen LogP contribution < -0.4 is 5.73 Å². The minimum atomic E-state index is -0.0146. The third kappa shape index (κ3) is 3.42. The third-order valence-electron chi connectivity index (χ3n) is 6.36. The van der Waals surface area contributed by atoms with Crippen LogP contribution in [0.25, 0.3) is 0 Å². The highest BCUT2D eigenvalue weighted by Crippen LogP contribution is 2.43. The summed E-state index contributed by atoms with van der Waals surface area (Å²) >= 11 is 0. The zero-order valence-electron chi connectivity index (χ0n) is 15.8. The molecule has 1 spiro atoms. The first-order valence-electron chi connectivity index (χ1n) is 9.86. The van der Waals surface area contributed by atoms with Crippen LogP contribution in [0.4, 0.5) is 5.95 Å². The zero-order chi connectivity index (χ0) is 18.1. The van der Waals surface area contributed by atoms with Crippen LogP contribution in [0.15, 0.2) is 6.20 Å². The van der Waals surface area contributed by atoms with E-state index in [9.17, 15) is 4.79 Å². The number of nitrogens with two attached hydrogens (primary N) is 1.